The molecular weight excluding hydrogens is 364 g/mol. The largest absolute Gasteiger partial charge is 0.460 e. The molecule has 3 aromatic rings. The van der Waals surface area contributed by atoms with Gasteiger partial charge in [-0.25, -0.2) is 4.79 Å². The Morgan fingerprint density at radius 2 is 1.62 bits per heavy atom. The number of rotatable bonds is 6. The number of fused-ring (bicyclic) bond motifs is 1. The summed E-state index contributed by atoms with van der Waals surface area (Å²) >= 11 is 0. The van der Waals surface area contributed by atoms with E-state index in [-0.39, 0.29) is 5.97 Å². The number of carbonyl (C=O) groups is 1. The first kappa shape index (κ1) is 19.7. The number of nitrogens with zero attached hydrogens (tertiary/aromatic N) is 2. The summed E-state index contributed by atoms with van der Waals surface area (Å²) in [5.41, 5.74) is 3.04. The van der Waals surface area contributed by atoms with Crippen molar-refractivity contribution in [3.63, 3.8) is 0 Å². The Kier molecular flexibility index (Phi) is 6.27. The van der Waals surface area contributed by atoms with Crippen LogP contribution in [-0.4, -0.2) is 48.6 Å². The summed E-state index contributed by atoms with van der Waals surface area (Å²) in [6.45, 7) is 7.91. The van der Waals surface area contributed by atoms with Crippen molar-refractivity contribution < 1.29 is 13.9 Å². The van der Waals surface area contributed by atoms with Crippen molar-refractivity contribution in [2.75, 3.05) is 32.8 Å². The van der Waals surface area contributed by atoms with Crippen LogP contribution in [0.1, 0.15) is 35.0 Å². The fraction of sp³-hybridized carbons (Fsp3) is 0.375. The van der Waals surface area contributed by atoms with E-state index in [1.54, 1.807) is 0 Å². The molecule has 0 aliphatic carbocycles. The van der Waals surface area contributed by atoms with Crippen LogP contribution in [0.15, 0.2) is 59.0 Å². The van der Waals surface area contributed by atoms with Crippen molar-refractivity contribution in [3.8, 4) is 0 Å². The molecule has 5 heteroatoms. The molecule has 1 saturated heterocycles. The number of ether oxygens (including phenoxy) is 1. The molecule has 0 radical (unpaired) electrons. The van der Waals surface area contributed by atoms with Gasteiger partial charge in [0, 0.05) is 37.1 Å². The van der Waals surface area contributed by atoms with Crippen LogP contribution in [0.5, 0.6) is 0 Å². The van der Waals surface area contributed by atoms with Gasteiger partial charge in [-0.2, -0.15) is 0 Å². The Balaban J connectivity index is 1.48. The fourth-order valence-corrected chi connectivity index (χ4v) is 4.02. The number of carbonyl (C=O) groups excluding carboxylic acids is 1. The first-order chi connectivity index (χ1) is 14.2. The van der Waals surface area contributed by atoms with Crippen LogP contribution in [0, 0.1) is 0 Å². The molecule has 0 bridgehead atoms. The normalized spacial score (nSPS) is 16.0. The van der Waals surface area contributed by atoms with Crippen LogP contribution in [-0.2, 0) is 17.8 Å². The van der Waals surface area contributed by atoms with Crippen molar-refractivity contribution in [3.05, 3.63) is 71.5 Å². The van der Waals surface area contributed by atoms with E-state index < -0.39 is 0 Å². The van der Waals surface area contributed by atoms with Crippen LogP contribution >= 0.6 is 0 Å². The third-order valence-electron chi connectivity index (χ3n) is 5.47. The van der Waals surface area contributed by atoms with E-state index in [0.717, 1.165) is 55.7 Å². The highest BCUT2D eigenvalue weighted by Crippen LogP contribution is 2.28. The number of esters is 1. The van der Waals surface area contributed by atoms with E-state index in [4.69, 9.17) is 9.15 Å². The second-order valence-electron chi connectivity index (χ2n) is 7.52. The highest BCUT2D eigenvalue weighted by molar-refractivity contribution is 5.96. The van der Waals surface area contributed by atoms with Gasteiger partial charge in [0.2, 0.25) is 5.76 Å². The topological polar surface area (TPSA) is 45.9 Å². The molecule has 4 rings (SSSR count). The smallest absolute Gasteiger partial charge is 0.374 e. The first-order valence-electron chi connectivity index (χ1n) is 10.4. The van der Waals surface area contributed by atoms with Crippen molar-refractivity contribution in [1.29, 1.82) is 0 Å². The van der Waals surface area contributed by atoms with Crippen LogP contribution in [0.2, 0.25) is 0 Å². The van der Waals surface area contributed by atoms with Gasteiger partial charge in [-0.15, -0.1) is 0 Å². The van der Waals surface area contributed by atoms with Crippen molar-refractivity contribution in [1.82, 2.24) is 9.80 Å². The maximum absolute atomic E-state index is 12.5. The lowest BCUT2D eigenvalue weighted by molar-refractivity contribution is 0.0489. The van der Waals surface area contributed by atoms with E-state index in [9.17, 15) is 4.79 Å². The van der Waals surface area contributed by atoms with Crippen LogP contribution in [0.25, 0.3) is 11.0 Å². The van der Waals surface area contributed by atoms with Gasteiger partial charge >= 0.3 is 5.97 Å². The molecule has 0 N–H and O–H groups in total. The molecular formula is C24H28N2O3. The minimum atomic E-state index is -0.376. The molecule has 0 atom stereocenters. The molecule has 1 aliphatic heterocycles. The van der Waals surface area contributed by atoms with E-state index >= 15 is 0 Å². The summed E-state index contributed by atoms with van der Waals surface area (Å²) in [5, 5.41) is 1.00. The minimum absolute atomic E-state index is 0.341. The maximum Gasteiger partial charge on any atom is 0.374 e. The monoisotopic (exact) mass is 392 g/mol. The Morgan fingerprint density at radius 3 is 2.38 bits per heavy atom. The highest BCUT2D eigenvalue weighted by Gasteiger charge is 2.24. The van der Waals surface area contributed by atoms with Crippen LogP contribution in [0.3, 0.4) is 0 Å². The molecule has 1 aromatic heterocycles. The van der Waals surface area contributed by atoms with Gasteiger partial charge in [0.25, 0.3) is 0 Å². The Bertz CT molecular complexity index is 951. The lowest BCUT2D eigenvalue weighted by atomic mass is 10.1. The SMILES string of the molecule is CCOC(=O)c1oc2ccccc2c1CN1CCCN(Cc2ccccc2)CC1. The van der Waals surface area contributed by atoms with Gasteiger partial charge < -0.3 is 9.15 Å². The van der Waals surface area contributed by atoms with Gasteiger partial charge in [0.1, 0.15) is 5.58 Å². The second-order valence-corrected chi connectivity index (χ2v) is 7.52. The molecule has 5 nitrogen and oxygen atoms in total. The number of para-hydroxylation sites is 1. The predicted molar refractivity (Wildman–Crippen MR) is 114 cm³/mol. The molecule has 2 heterocycles. The number of benzene rings is 2. The van der Waals surface area contributed by atoms with E-state index in [1.807, 2.05) is 31.2 Å². The summed E-state index contributed by atoms with van der Waals surface area (Å²) in [5.74, 6) is -0.0299. The lowest BCUT2D eigenvalue weighted by Crippen LogP contribution is -2.30. The summed E-state index contributed by atoms with van der Waals surface area (Å²) < 4.78 is 11.1. The third-order valence-corrected chi connectivity index (χ3v) is 5.47. The number of hydrogen-bond donors (Lipinski definition) is 0. The standard InChI is InChI=1S/C24H28N2O3/c1-2-28-24(27)23-21(20-11-6-7-12-22(20)29-23)18-26-14-8-13-25(15-16-26)17-19-9-4-3-5-10-19/h3-7,9-12H,2,8,13-18H2,1H3. The summed E-state index contributed by atoms with van der Waals surface area (Å²) in [4.78, 5) is 17.4. The average molecular weight is 392 g/mol. The zero-order valence-corrected chi connectivity index (χ0v) is 17.0. The average Bonchev–Trinajstić information content (AvgIpc) is 2.96. The molecule has 0 spiro atoms. The van der Waals surface area contributed by atoms with Crippen LogP contribution < -0.4 is 0 Å². The molecule has 1 fully saturated rings. The minimum Gasteiger partial charge on any atom is -0.460 e. The zero-order chi connectivity index (χ0) is 20.1. The molecule has 1 aliphatic rings. The lowest BCUT2D eigenvalue weighted by Gasteiger charge is -2.22. The summed E-state index contributed by atoms with van der Waals surface area (Å²) in [6.07, 6.45) is 1.11. The van der Waals surface area contributed by atoms with Gasteiger partial charge in [-0.05, 0) is 38.1 Å². The number of hydrogen-bond acceptors (Lipinski definition) is 5. The molecule has 2 aromatic carbocycles. The van der Waals surface area contributed by atoms with Crippen molar-refractivity contribution in [2.45, 2.75) is 26.4 Å². The van der Waals surface area contributed by atoms with Gasteiger partial charge in [-0.1, -0.05) is 48.5 Å². The molecule has 152 valence electrons. The van der Waals surface area contributed by atoms with E-state index in [0.29, 0.717) is 18.9 Å². The van der Waals surface area contributed by atoms with Gasteiger partial charge in [-0.3, -0.25) is 9.80 Å². The van der Waals surface area contributed by atoms with E-state index in [2.05, 4.69) is 40.1 Å². The van der Waals surface area contributed by atoms with Crippen molar-refractivity contribution >= 4 is 16.9 Å². The maximum atomic E-state index is 12.5. The third kappa shape index (κ3) is 4.69. The molecule has 0 saturated carbocycles. The highest BCUT2D eigenvalue weighted by atomic mass is 16.5. The second kappa shape index (κ2) is 9.25. The molecule has 29 heavy (non-hydrogen) atoms. The number of furan rings is 1. The summed E-state index contributed by atoms with van der Waals surface area (Å²) in [7, 11) is 0. The van der Waals surface area contributed by atoms with E-state index in [1.165, 1.54) is 5.56 Å². The molecule has 0 amide bonds. The van der Waals surface area contributed by atoms with Crippen molar-refractivity contribution in [2.24, 2.45) is 0 Å². The Morgan fingerprint density at radius 1 is 0.931 bits per heavy atom. The van der Waals surface area contributed by atoms with Crippen LogP contribution in [0.4, 0.5) is 0 Å². The predicted octanol–water partition coefficient (Wildman–Crippen LogP) is 4.32. The fourth-order valence-electron chi connectivity index (χ4n) is 4.02. The quantitative estimate of drug-likeness (QED) is 0.585. The zero-order valence-electron chi connectivity index (χ0n) is 17.0. The first-order valence-corrected chi connectivity index (χ1v) is 10.4. The van der Waals surface area contributed by atoms with Gasteiger partial charge in [0.05, 0.1) is 6.61 Å². The Hall–Kier alpha value is -2.63. The summed E-state index contributed by atoms with van der Waals surface area (Å²) in [6, 6.07) is 18.5. The Labute approximate surface area is 171 Å². The van der Waals surface area contributed by atoms with Gasteiger partial charge in [0.15, 0.2) is 0 Å². The molecule has 0 unspecified atom stereocenters.